The fourth-order valence-corrected chi connectivity index (χ4v) is 4.44. The number of rotatable bonds is 7. The zero-order chi connectivity index (χ0) is 24.2. The van der Waals surface area contributed by atoms with E-state index in [-0.39, 0.29) is 24.1 Å². The number of methoxy groups -OCH3 is 1. The molecule has 1 saturated heterocycles. The van der Waals surface area contributed by atoms with Crippen LogP contribution in [0.15, 0.2) is 42.5 Å². The number of nitrogens with zero attached hydrogens (tertiary/aromatic N) is 3. The molecule has 0 N–H and O–H groups in total. The molecule has 0 bridgehead atoms. The zero-order valence-electron chi connectivity index (χ0n) is 20.0. The van der Waals surface area contributed by atoms with E-state index in [4.69, 9.17) is 9.47 Å². The second-order valence-corrected chi connectivity index (χ2v) is 8.58. The Morgan fingerprint density at radius 1 is 1.06 bits per heavy atom. The van der Waals surface area contributed by atoms with Gasteiger partial charge in [-0.25, -0.2) is 0 Å². The molecule has 0 radical (unpaired) electrons. The molecule has 2 aromatic rings. The van der Waals surface area contributed by atoms with Crippen molar-refractivity contribution in [1.82, 2.24) is 4.90 Å². The van der Waals surface area contributed by atoms with Gasteiger partial charge in [0.15, 0.2) is 11.9 Å². The number of benzene rings is 2. The van der Waals surface area contributed by atoms with E-state index in [1.165, 1.54) is 4.90 Å². The van der Waals surface area contributed by atoms with Crippen molar-refractivity contribution in [3.05, 3.63) is 48.0 Å². The number of fused-ring (bicyclic) bond motifs is 1. The topological polar surface area (TPSA) is 79.4 Å². The van der Waals surface area contributed by atoms with Crippen LogP contribution in [0.4, 0.5) is 11.4 Å². The molecule has 4 rings (SSSR count). The van der Waals surface area contributed by atoms with E-state index in [0.29, 0.717) is 49.6 Å². The Morgan fingerprint density at radius 2 is 1.79 bits per heavy atom. The van der Waals surface area contributed by atoms with Gasteiger partial charge in [0, 0.05) is 38.2 Å². The van der Waals surface area contributed by atoms with Gasteiger partial charge in [-0.3, -0.25) is 19.3 Å². The van der Waals surface area contributed by atoms with Crippen LogP contribution >= 0.6 is 0 Å². The van der Waals surface area contributed by atoms with E-state index in [9.17, 15) is 14.4 Å². The van der Waals surface area contributed by atoms with Crippen LogP contribution in [0.3, 0.4) is 0 Å². The summed E-state index contributed by atoms with van der Waals surface area (Å²) in [7, 11) is 1.65. The Kier molecular flexibility index (Phi) is 7.05. The van der Waals surface area contributed by atoms with Crippen LogP contribution in [-0.4, -0.2) is 68.4 Å². The summed E-state index contributed by atoms with van der Waals surface area (Å²) in [5, 5.41) is 0. The maximum absolute atomic E-state index is 13.2. The van der Waals surface area contributed by atoms with Crippen molar-refractivity contribution in [3.63, 3.8) is 0 Å². The minimum Gasteiger partial charge on any atom is -0.495 e. The zero-order valence-corrected chi connectivity index (χ0v) is 20.0. The van der Waals surface area contributed by atoms with E-state index in [2.05, 4.69) is 4.90 Å². The highest BCUT2D eigenvalue weighted by atomic mass is 16.5. The van der Waals surface area contributed by atoms with Crippen molar-refractivity contribution in [1.29, 1.82) is 0 Å². The molecule has 2 aromatic carbocycles. The van der Waals surface area contributed by atoms with Crippen molar-refractivity contribution in [2.24, 2.45) is 0 Å². The van der Waals surface area contributed by atoms with Gasteiger partial charge >= 0.3 is 0 Å². The molecule has 0 spiro atoms. The van der Waals surface area contributed by atoms with Gasteiger partial charge in [-0.1, -0.05) is 19.1 Å². The molecule has 1 unspecified atom stereocenters. The van der Waals surface area contributed by atoms with Crippen LogP contribution in [0, 0.1) is 0 Å². The van der Waals surface area contributed by atoms with Gasteiger partial charge in [-0.2, -0.15) is 0 Å². The van der Waals surface area contributed by atoms with Gasteiger partial charge < -0.3 is 19.3 Å². The van der Waals surface area contributed by atoms with E-state index in [1.807, 2.05) is 31.2 Å². The number of piperazine rings is 1. The average Bonchev–Trinajstić information content (AvgIpc) is 2.86. The second kappa shape index (κ2) is 10.2. The number of para-hydroxylation sites is 2. The molecule has 2 aliphatic rings. The predicted octanol–water partition coefficient (Wildman–Crippen LogP) is 3.14. The number of carbonyl (C=O) groups excluding carboxylic acids is 3. The molecule has 2 heterocycles. The minimum absolute atomic E-state index is 0.00936. The quantitative estimate of drug-likeness (QED) is 0.585. The van der Waals surface area contributed by atoms with Crippen molar-refractivity contribution in [2.75, 3.05) is 49.6 Å². The first kappa shape index (κ1) is 23.6. The van der Waals surface area contributed by atoms with Crippen molar-refractivity contribution in [2.45, 2.75) is 32.8 Å². The number of amides is 2. The molecular formula is C26H31N3O5. The van der Waals surface area contributed by atoms with E-state index >= 15 is 0 Å². The number of ether oxygens (including phenoxy) is 2. The lowest BCUT2D eigenvalue weighted by atomic mass is 10.0. The third kappa shape index (κ3) is 4.71. The molecule has 2 amide bonds. The van der Waals surface area contributed by atoms with Gasteiger partial charge in [0.2, 0.25) is 5.91 Å². The standard InChI is InChI=1S/C26H31N3O5/c1-4-7-22(30)19-10-11-24-21(16-19)29(26(32)18(2)34-24)17-25(31)28-14-12-27(13-15-28)20-8-5-6-9-23(20)33-3/h5-6,8-11,16,18H,4,7,12-15,17H2,1-3H3. The monoisotopic (exact) mass is 465 g/mol. The highest BCUT2D eigenvalue weighted by Crippen LogP contribution is 2.35. The molecule has 34 heavy (non-hydrogen) atoms. The molecule has 8 nitrogen and oxygen atoms in total. The summed E-state index contributed by atoms with van der Waals surface area (Å²) in [5.41, 5.74) is 2.01. The number of hydrogen-bond donors (Lipinski definition) is 0. The summed E-state index contributed by atoms with van der Waals surface area (Å²) in [6.07, 6.45) is 0.477. The van der Waals surface area contributed by atoms with Gasteiger partial charge in [-0.15, -0.1) is 0 Å². The summed E-state index contributed by atoms with van der Waals surface area (Å²) in [6.45, 7) is 5.98. The van der Waals surface area contributed by atoms with Crippen molar-refractivity contribution < 1.29 is 23.9 Å². The maximum Gasteiger partial charge on any atom is 0.268 e. The van der Waals surface area contributed by atoms with Crippen LogP contribution in [0.25, 0.3) is 0 Å². The van der Waals surface area contributed by atoms with Crippen LogP contribution in [0.5, 0.6) is 11.5 Å². The van der Waals surface area contributed by atoms with Gasteiger partial charge in [0.05, 0.1) is 18.5 Å². The SMILES string of the molecule is CCCC(=O)c1ccc2c(c1)N(CC(=O)N1CCN(c3ccccc3OC)CC1)C(=O)C(C)O2. The molecule has 8 heteroatoms. The summed E-state index contributed by atoms with van der Waals surface area (Å²) in [5.74, 6) is 0.913. The number of hydrogen-bond acceptors (Lipinski definition) is 6. The fourth-order valence-electron chi connectivity index (χ4n) is 4.44. The first-order valence-corrected chi connectivity index (χ1v) is 11.7. The highest BCUT2D eigenvalue weighted by Gasteiger charge is 2.35. The number of ketones is 1. The lowest BCUT2D eigenvalue weighted by Crippen LogP contribution is -2.54. The fraction of sp³-hybridized carbons (Fsp3) is 0.423. The largest absolute Gasteiger partial charge is 0.495 e. The molecule has 180 valence electrons. The number of carbonyl (C=O) groups is 3. The molecule has 2 aliphatic heterocycles. The predicted molar refractivity (Wildman–Crippen MR) is 130 cm³/mol. The van der Waals surface area contributed by atoms with Crippen LogP contribution in [0.1, 0.15) is 37.0 Å². The molecule has 0 aromatic heterocycles. The Hall–Kier alpha value is -3.55. The second-order valence-electron chi connectivity index (χ2n) is 8.58. The Balaban J connectivity index is 1.47. The summed E-state index contributed by atoms with van der Waals surface area (Å²) in [4.78, 5) is 44.0. The van der Waals surface area contributed by atoms with Crippen LogP contribution < -0.4 is 19.3 Å². The smallest absolute Gasteiger partial charge is 0.268 e. The normalized spacial score (nSPS) is 17.8. The van der Waals surface area contributed by atoms with Crippen LogP contribution in [-0.2, 0) is 9.59 Å². The molecular weight excluding hydrogens is 434 g/mol. The number of Topliss-reactive ketones (excluding diaryl/α,β-unsaturated/α-hetero) is 1. The first-order chi connectivity index (χ1) is 16.4. The lowest BCUT2D eigenvalue weighted by Gasteiger charge is -2.38. The van der Waals surface area contributed by atoms with Gasteiger partial charge in [-0.05, 0) is 43.7 Å². The first-order valence-electron chi connectivity index (χ1n) is 11.7. The molecule has 0 saturated carbocycles. The summed E-state index contributed by atoms with van der Waals surface area (Å²) >= 11 is 0. The Morgan fingerprint density at radius 3 is 2.50 bits per heavy atom. The van der Waals surface area contributed by atoms with E-state index in [1.54, 1.807) is 37.1 Å². The third-order valence-corrected chi connectivity index (χ3v) is 6.32. The number of anilines is 2. The lowest BCUT2D eigenvalue weighted by molar-refractivity contribution is -0.133. The van der Waals surface area contributed by atoms with Crippen LogP contribution in [0.2, 0.25) is 0 Å². The minimum atomic E-state index is -0.695. The Bertz CT molecular complexity index is 1080. The molecule has 0 aliphatic carbocycles. The summed E-state index contributed by atoms with van der Waals surface area (Å²) in [6, 6.07) is 12.9. The van der Waals surface area contributed by atoms with Gasteiger partial charge in [0.25, 0.3) is 5.91 Å². The molecule has 1 atom stereocenters. The highest BCUT2D eigenvalue weighted by molar-refractivity contribution is 6.05. The Labute approximate surface area is 200 Å². The molecule has 1 fully saturated rings. The van der Waals surface area contributed by atoms with Crippen molar-refractivity contribution in [3.8, 4) is 11.5 Å². The van der Waals surface area contributed by atoms with Gasteiger partial charge in [0.1, 0.15) is 18.0 Å². The summed E-state index contributed by atoms with van der Waals surface area (Å²) < 4.78 is 11.2. The third-order valence-electron chi connectivity index (χ3n) is 6.32. The van der Waals surface area contributed by atoms with Crippen molar-refractivity contribution >= 4 is 29.0 Å². The maximum atomic E-state index is 13.2. The van der Waals surface area contributed by atoms with E-state index < -0.39 is 6.10 Å². The average molecular weight is 466 g/mol. The van der Waals surface area contributed by atoms with E-state index in [0.717, 1.165) is 17.9 Å².